The third-order valence-corrected chi connectivity index (χ3v) is 9.13. The third kappa shape index (κ3) is 2.35. The maximum atomic E-state index is 10.3. The third-order valence-electron chi connectivity index (χ3n) is 9.13. The fourth-order valence-electron chi connectivity index (χ4n) is 7.91. The Kier molecular flexibility index (Phi) is 3.86. The number of hydrogen-bond acceptors (Lipinski definition) is 1. The van der Waals surface area contributed by atoms with Crippen LogP contribution in [0.5, 0.6) is 0 Å². The number of allylic oxidation sites excluding steroid dienone is 3. The highest BCUT2D eigenvalue weighted by atomic mass is 16.3. The number of rotatable bonds is 1. The summed E-state index contributed by atoms with van der Waals surface area (Å²) in [7, 11) is 0. The van der Waals surface area contributed by atoms with Gasteiger partial charge >= 0.3 is 0 Å². The van der Waals surface area contributed by atoms with Crippen molar-refractivity contribution >= 4 is 5.70 Å². The van der Waals surface area contributed by atoms with Gasteiger partial charge in [0.2, 0.25) is 0 Å². The molecule has 1 aromatic heterocycles. The van der Waals surface area contributed by atoms with E-state index in [0.717, 1.165) is 30.6 Å². The minimum Gasteiger partial charge on any atom is -0.393 e. The second-order valence-electron chi connectivity index (χ2n) is 10.5. The summed E-state index contributed by atoms with van der Waals surface area (Å²) < 4.78 is 2.41. The van der Waals surface area contributed by atoms with Crippen molar-refractivity contribution in [2.24, 2.45) is 34.5 Å². The number of aliphatic hydroxyl groups excluding tert-OH is 1. The number of aromatic nitrogens is 1. The van der Waals surface area contributed by atoms with Gasteiger partial charge in [0.05, 0.1) is 6.10 Å². The quantitative estimate of drug-likeness (QED) is 0.616. The highest BCUT2D eigenvalue weighted by Gasteiger charge is 2.59. The van der Waals surface area contributed by atoms with Crippen LogP contribution in [0.2, 0.25) is 0 Å². The molecule has 4 aliphatic rings. The van der Waals surface area contributed by atoms with Crippen molar-refractivity contribution in [3.05, 3.63) is 41.7 Å². The fourth-order valence-corrected chi connectivity index (χ4v) is 7.91. The van der Waals surface area contributed by atoms with E-state index in [1.165, 1.54) is 25.7 Å². The Labute approximate surface area is 164 Å². The Morgan fingerprint density at radius 2 is 1.70 bits per heavy atom. The zero-order chi connectivity index (χ0) is 19.0. The van der Waals surface area contributed by atoms with Crippen LogP contribution < -0.4 is 0 Å². The molecule has 0 aliphatic heterocycles. The number of nitrogens with zero attached hydrogens (tertiary/aromatic N) is 1. The molecule has 2 fully saturated rings. The molecule has 0 bridgehead atoms. The molecule has 2 saturated carbocycles. The molecule has 1 aromatic rings. The molecule has 0 unspecified atom stereocenters. The van der Waals surface area contributed by atoms with Crippen LogP contribution in [-0.2, 0) is 0 Å². The summed E-state index contributed by atoms with van der Waals surface area (Å²) in [5.41, 5.74) is 5.38. The Morgan fingerprint density at radius 3 is 2.44 bits per heavy atom. The minimum atomic E-state index is -0.113. The number of aliphatic hydroxyl groups is 1. The van der Waals surface area contributed by atoms with Gasteiger partial charge in [0.25, 0.3) is 0 Å². The van der Waals surface area contributed by atoms with E-state index in [1.54, 1.807) is 16.8 Å². The zero-order valence-electron chi connectivity index (χ0n) is 17.4. The first-order valence-corrected chi connectivity index (χ1v) is 11.1. The maximum Gasteiger partial charge on any atom is 0.0577 e. The molecule has 0 saturated heterocycles. The van der Waals surface area contributed by atoms with E-state index in [2.05, 4.69) is 62.9 Å². The van der Waals surface area contributed by atoms with E-state index in [9.17, 15) is 5.11 Å². The fraction of sp³-hybridized carbons (Fsp3) is 0.680. The largest absolute Gasteiger partial charge is 0.393 e. The molecule has 2 nitrogen and oxygen atoms in total. The topological polar surface area (TPSA) is 25.2 Å². The van der Waals surface area contributed by atoms with E-state index in [-0.39, 0.29) is 6.10 Å². The highest BCUT2D eigenvalue weighted by molar-refractivity contribution is 5.61. The van der Waals surface area contributed by atoms with Crippen LogP contribution in [0.3, 0.4) is 0 Å². The molecule has 0 aromatic carbocycles. The normalized spacial score (nSPS) is 46.6. The molecule has 0 amide bonds. The lowest BCUT2D eigenvalue weighted by atomic mass is 9.46. The van der Waals surface area contributed by atoms with Gasteiger partial charge in [-0.15, -0.1) is 0 Å². The molecular weight excluding hydrogens is 330 g/mol. The lowest BCUT2D eigenvalue weighted by Crippen LogP contribution is -2.52. The standard InChI is InChI=1S/C25H35NO/c1-16-13-18-15-19(27)7-9-24(18,3)20-8-10-25(4)21(22(16)20)14-17(2)23(25)26-11-5-6-12-26/h5-6,11-13,16,19-22,27H,7-10,14-15H2,1-4H3/t16-,19-,20-,21-,22+,24-,25-/m0/s1. The highest BCUT2D eigenvalue weighted by Crippen LogP contribution is 2.67. The molecule has 146 valence electrons. The summed E-state index contributed by atoms with van der Waals surface area (Å²) in [6, 6.07) is 4.32. The van der Waals surface area contributed by atoms with E-state index in [4.69, 9.17) is 0 Å². The van der Waals surface area contributed by atoms with Gasteiger partial charge in [-0.3, -0.25) is 0 Å². The van der Waals surface area contributed by atoms with Gasteiger partial charge in [0.1, 0.15) is 0 Å². The molecule has 5 rings (SSSR count). The molecule has 1 N–H and O–H groups in total. The van der Waals surface area contributed by atoms with Gasteiger partial charge < -0.3 is 9.67 Å². The van der Waals surface area contributed by atoms with E-state index >= 15 is 0 Å². The SMILES string of the molecule is CC1=C(n2cccc2)[C@@]2(C)CC[C@H]3[C@@H]([C@@H](C)C=C4C[C@@H](O)CC[C@@]43C)[C@@H]2C1. The van der Waals surface area contributed by atoms with Gasteiger partial charge in [-0.25, -0.2) is 0 Å². The summed E-state index contributed by atoms with van der Waals surface area (Å²) in [5.74, 6) is 2.94. The van der Waals surface area contributed by atoms with Gasteiger partial charge in [0, 0.05) is 23.5 Å². The Bertz CT molecular complexity index is 802. The van der Waals surface area contributed by atoms with Crippen molar-refractivity contribution in [2.45, 2.75) is 72.3 Å². The summed E-state index contributed by atoms with van der Waals surface area (Å²) >= 11 is 0. The molecule has 2 heteroatoms. The average Bonchev–Trinajstić information content (AvgIpc) is 3.21. The molecule has 4 aliphatic carbocycles. The van der Waals surface area contributed by atoms with Crippen LogP contribution in [0.1, 0.15) is 66.2 Å². The summed E-state index contributed by atoms with van der Waals surface area (Å²) in [4.78, 5) is 0. The van der Waals surface area contributed by atoms with Gasteiger partial charge in [-0.05, 0) is 86.7 Å². The second-order valence-corrected chi connectivity index (χ2v) is 10.5. The average molecular weight is 366 g/mol. The summed E-state index contributed by atoms with van der Waals surface area (Å²) in [5, 5.41) is 10.3. The Morgan fingerprint density at radius 1 is 1.00 bits per heavy atom. The van der Waals surface area contributed by atoms with E-state index < -0.39 is 0 Å². The number of hydrogen-bond donors (Lipinski definition) is 1. The smallest absolute Gasteiger partial charge is 0.0577 e. The van der Waals surface area contributed by atoms with Gasteiger partial charge in [-0.1, -0.05) is 38.0 Å². The van der Waals surface area contributed by atoms with Crippen molar-refractivity contribution in [2.75, 3.05) is 0 Å². The van der Waals surface area contributed by atoms with Gasteiger partial charge in [0.15, 0.2) is 0 Å². The molecule has 7 atom stereocenters. The van der Waals surface area contributed by atoms with Crippen molar-refractivity contribution in [3.63, 3.8) is 0 Å². The predicted molar refractivity (Wildman–Crippen MR) is 111 cm³/mol. The van der Waals surface area contributed by atoms with E-state index in [0.29, 0.717) is 16.7 Å². The van der Waals surface area contributed by atoms with Crippen molar-refractivity contribution < 1.29 is 5.11 Å². The van der Waals surface area contributed by atoms with Crippen LogP contribution in [0.4, 0.5) is 0 Å². The zero-order valence-corrected chi connectivity index (χ0v) is 17.4. The Hall–Kier alpha value is -1.28. The number of fused-ring (bicyclic) bond motifs is 5. The van der Waals surface area contributed by atoms with E-state index in [1.807, 2.05) is 0 Å². The first-order chi connectivity index (χ1) is 12.8. The molecular formula is C25H35NO. The monoisotopic (exact) mass is 365 g/mol. The first kappa shape index (κ1) is 17.8. The lowest BCUT2D eigenvalue weighted by Gasteiger charge is -2.59. The summed E-state index contributed by atoms with van der Waals surface area (Å²) in [6.45, 7) is 9.92. The predicted octanol–water partition coefficient (Wildman–Crippen LogP) is 5.90. The molecule has 0 spiro atoms. The molecule has 0 radical (unpaired) electrons. The minimum absolute atomic E-state index is 0.113. The molecule has 27 heavy (non-hydrogen) atoms. The maximum absolute atomic E-state index is 10.3. The van der Waals surface area contributed by atoms with Crippen molar-refractivity contribution in [1.82, 2.24) is 4.57 Å². The van der Waals surface area contributed by atoms with Crippen molar-refractivity contribution in [3.8, 4) is 0 Å². The van der Waals surface area contributed by atoms with Crippen LogP contribution >= 0.6 is 0 Å². The van der Waals surface area contributed by atoms with Crippen LogP contribution in [-0.4, -0.2) is 15.8 Å². The van der Waals surface area contributed by atoms with Crippen LogP contribution in [0, 0.1) is 34.5 Å². The first-order valence-electron chi connectivity index (χ1n) is 11.1. The lowest BCUT2D eigenvalue weighted by molar-refractivity contribution is -0.0439. The van der Waals surface area contributed by atoms with Gasteiger partial charge in [-0.2, -0.15) is 0 Å². The second kappa shape index (κ2) is 5.86. The Balaban J connectivity index is 1.55. The molecule has 1 heterocycles. The van der Waals surface area contributed by atoms with Crippen molar-refractivity contribution in [1.29, 1.82) is 0 Å². The van der Waals surface area contributed by atoms with Crippen LogP contribution in [0.15, 0.2) is 41.7 Å². The van der Waals surface area contributed by atoms with Crippen LogP contribution in [0.25, 0.3) is 5.70 Å². The summed E-state index contributed by atoms with van der Waals surface area (Å²) in [6.07, 6.45) is 13.9.